The molecular formula is C26H23FN4O3S. The van der Waals surface area contributed by atoms with Gasteiger partial charge >= 0.3 is 0 Å². The minimum absolute atomic E-state index is 0.262. The second kappa shape index (κ2) is 10.2. The number of hydrogen-bond donors (Lipinski definition) is 1. The topological polar surface area (TPSA) is 78.4 Å². The fraction of sp³-hybridized carbons (Fsp3) is 0.192. The first-order chi connectivity index (χ1) is 17.2. The Morgan fingerprint density at radius 3 is 2.69 bits per heavy atom. The Balaban J connectivity index is 1.49. The van der Waals surface area contributed by atoms with E-state index in [4.69, 9.17) is 14.2 Å². The molecule has 0 radical (unpaired) electrons. The Kier molecular flexibility index (Phi) is 6.67. The van der Waals surface area contributed by atoms with Gasteiger partial charge < -0.3 is 19.5 Å². The van der Waals surface area contributed by atoms with Crippen molar-refractivity contribution >= 4 is 17.4 Å². The number of halogens is 1. The molecular weight excluding hydrogens is 467 g/mol. The standard InChI is InChI=1S/C26H23FN4O3S/c1-3-33-21-13-12-16(14-22(21)32-2)24-28-20-11-7-5-9-18(20)23-25(34-24)29-26(31-30-23)35-15-17-8-4-6-10-19(17)27/h4-14,24,28H,3,15H2,1-2H3/t24-/m0/s1. The Hall–Kier alpha value is -3.85. The first-order valence-electron chi connectivity index (χ1n) is 11.1. The lowest BCUT2D eigenvalue weighted by atomic mass is 10.1. The first-order valence-corrected chi connectivity index (χ1v) is 12.1. The zero-order valence-corrected chi connectivity index (χ0v) is 20.0. The third-order valence-corrected chi connectivity index (χ3v) is 6.32. The summed E-state index contributed by atoms with van der Waals surface area (Å²) in [6, 6.07) is 20.0. The predicted molar refractivity (Wildman–Crippen MR) is 132 cm³/mol. The maximum Gasteiger partial charge on any atom is 0.247 e. The largest absolute Gasteiger partial charge is 0.493 e. The molecule has 1 N–H and O–H groups in total. The van der Waals surface area contributed by atoms with E-state index in [1.807, 2.05) is 49.4 Å². The Bertz CT molecular complexity index is 1350. The van der Waals surface area contributed by atoms with Crippen LogP contribution in [0.3, 0.4) is 0 Å². The van der Waals surface area contributed by atoms with Crippen molar-refractivity contribution in [1.29, 1.82) is 0 Å². The first kappa shape index (κ1) is 22.9. The monoisotopic (exact) mass is 490 g/mol. The van der Waals surface area contributed by atoms with Crippen LogP contribution in [-0.4, -0.2) is 28.9 Å². The maximum atomic E-state index is 14.0. The molecule has 1 aliphatic rings. The zero-order valence-electron chi connectivity index (χ0n) is 19.2. The van der Waals surface area contributed by atoms with Gasteiger partial charge in [-0.15, -0.1) is 10.2 Å². The number of rotatable bonds is 7. The molecule has 1 aliphatic heterocycles. The van der Waals surface area contributed by atoms with Crippen LogP contribution >= 0.6 is 11.8 Å². The lowest BCUT2D eigenvalue weighted by Gasteiger charge is -2.20. The molecule has 0 aliphatic carbocycles. The van der Waals surface area contributed by atoms with E-state index < -0.39 is 6.23 Å². The molecule has 0 spiro atoms. The summed E-state index contributed by atoms with van der Waals surface area (Å²) in [4.78, 5) is 4.63. The highest BCUT2D eigenvalue weighted by Gasteiger charge is 2.27. The predicted octanol–water partition coefficient (Wildman–Crippen LogP) is 5.88. The Labute approximate surface area is 206 Å². The fourth-order valence-corrected chi connectivity index (χ4v) is 4.50. The third-order valence-electron chi connectivity index (χ3n) is 5.44. The molecule has 0 fully saturated rings. The van der Waals surface area contributed by atoms with Crippen molar-refractivity contribution in [2.24, 2.45) is 0 Å². The van der Waals surface area contributed by atoms with Gasteiger partial charge in [-0.05, 0) is 42.8 Å². The number of fused-ring (bicyclic) bond motifs is 3. The molecule has 2 heterocycles. The highest BCUT2D eigenvalue weighted by atomic mass is 32.2. The quantitative estimate of drug-likeness (QED) is 0.322. The van der Waals surface area contributed by atoms with Crippen molar-refractivity contribution in [3.8, 4) is 28.6 Å². The lowest BCUT2D eigenvalue weighted by molar-refractivity contribution is 0.224. The van der Waals surface area contributed by atoms with Crippen molar-refractivity contribution in [3.63, 3.8) is 0 Å². The van der Waals surface area contributed by atoms with E-state index in [1.165, 1.54) is 17.8 Å². The van der Waals surface area contributed by atoms with Gasteiger partial charge in [-0.1, -0.05) is 48.2 Å². The molecule has 0 saturated heterocycles. The number of nitrogens with one attached hydrogen (secondary N) is 1. The SMILES string of the molecule is CCOc1ccc([C@H]2Nc3ccccc3-c3nnc(SCc4ccccc4F)nc3O2)cc1OC. The van der Waals surface area contributed by atoms with E-state index in [0.29, 0.717) is 46.2 Å². The van der Waals surface area contributed by atoms with E-state index in [1.54, 1.807) is 25.3 Å². The molecule has 4 aromatic rings. The summed E-state index contributed by atoms with van der Waals surface area (Å²) in [5, 5.41) is 12.5. The van der Waals surface area contributed by atoms with Gasteiger partial charge in [0.1, 0.15) is 5.82 Å². The van der Waals surface area contributed by atoms with Gasteiger partial charge in [-0.3, -0.25) is 0 Å². The Morgan fingerprint density at radius 2 is 1.86 bits per heavy atom. The summed E-state index contributed by atoms with van der Waals surface area (Å²) in [6.07, 6.45) is -0.567. The minimum atomic E-state index is -0.567. The summed E-state index contributed by atoms with van der Waals surface area (Å²) >= 11 is 1.30. The molecule has 7 nitrogen and oxygen atoms in total. The molecule has 178 valence electrons. The average Bonchev–Trinajstić information content (AvgIpc) is 3.05. The molecule has 1 atom stereocenters. The van der Waals surface area contributed by atoms with Gasteiger partial charge in [-0.25, -0.2) is 4.39 Å². The molecule has 9 heteroatoms. The van der Waals surface area contributed by atoms with Crippen LogP contribution in [0, 0.1) is 5.82 Å². The van der Waals surface area contributed by atoms with Gasteiger partial charge in [-0.2, -0.15) is 4.98 Å². The number of hydrogen-bond acceptors (Lipinski definition) is 8. The minimum Gasteiger partial charge on any atom is -0.493 e. The number of ether oxygens (including phenoxy) is 3. The lowest BCUT2D eigenvalue weighted by Crippen LogP contribution is -2.17. The number of methoxy groups -OCH3 is 1. The van der Waals surface area contributed by atoms with E-state index in [0.717, 1.165) is 16.8 Å². The van der Waals surface area contributed by atoms with Crippen LogP contribution in [0.25, 0.3) is 11.3 Å². The van der Waals surface area contributed by atoms with Crippen LogP contribution in [0.15, 0.2) is 71.9 Å². The second-order valence-corrected chi connectivity index (χ2v) is 8.60. The molecule has 0 amide bonds. The van der Waals surface area contributed by atoms with E-state index in [2.05, 4.69) is 20.5 Å². The molecule has 0 saturated carbocycles. The smallest absolute Gasteiger partial charge is 0.247 e. The number of thioether (sulfide) groups is 1. The molecule has 0 bridgehead atoms. The number of para-hydroxylation sites is 1. The van der Waals surface area contributed by atoms with Crippen molar-refractivity contribution in [2.75, 3.05) is 19.0 Å². The number of aromatic nitrogens is 3. The molecule has 0 unspecified atom stereocenters. The van der Waals surface area contributed by atoms with Crippen LogP contribution in [0.2, 0.25) is 0 Å². The van der Waals surface area contributed by atoms with Gasteiger partial charge in [0.2, 0.25) is 11.0 Å². The summed E-state index contributed by atoms with van der Waals surface area (Å²) < 4.78 is 31.5. The highest BCUT2D eigenvalue weighted by Crippen LogP contribution is 2.41. The van der Waals surface area contributed by atoms with Crippen LogP contribution in [0.1, 0.15) is 24.3 Å². The summed E-state index contributed by atoms with van der Waals surface area (Å²) in [5.41, 5.74) is 3.60. The fourth-order valence-electron chi connectivity index (χ4n) is 3.74. The highest BCUT2D eigenvalue weighted by molar-refractivity contribution is 7.98. The van der Waals surface area contributed by atoms with Gasteiger partial charge in [0, 0.05) is 22.6 Å². The molecule has 3 aromatic carbocycles. The van der Waals surface area contributed by atoms with Crippen molar-refractivity contribution in [1.82, 2.24) is 15.2 Å². The third kappa shape index (κ3) is 4.85. The molecule has 1 aromatic heterocycles. The molecule has 35 heavy (non-hydrogen) atoms. The summed E-state index contributed by atoms with van der Waals surface area (Å²) in [5.74, 6) is 1.72. The van der Waals surface area contributed by atoms with Crippen LogP contribution in [0.4, 0.5) is 10.1 Å². The van der Waals surface area contributed by atoms with Crippen molar-refractivity contribution in [2.45, 2.75) is 24.1 Å². The Morgan fingerprint density at radius 1 is 1.03 bits per heavy atom. The average molecular weight is 491 g/mol. The van der Waals surface area contributed by atoms with Crippen LogP contribution in [-0.2, 0) is 5.75 Å². The van der Waals surface area contributed by atoms with Crippen molar-refractivity contribution in [3.05, 3.63) is 83.7 Å². The second-order valence-electron chi connectivity index (χ2n) is 7.66. The normalized spacial score (nSPS) is 14.1. The van der Waals surface area contributed by atoms with Crippen molar-refractivity contribution < 1.29 is 18.6 Å². The maximum absolute atomic E-state index is 14.0. The van der Waals surface area contributed by atoms with E-state index in [9.17, 15) is 4.39 Å². The summed E-state index contributed by atoms with van der Waals surface area (Å²) in [6.45, 7) is 2.45. The zero-order chi connectivity index (χ0) is 24.2. The van der Waals surface area contributed by atoms with Gasteiger partial charge in [0.15, 0.2) is 23.4 Å². The van der Waals surface area contributed by atoms with E-state index >= 15 is 0 Å². The number of anilines is 1. The number of benzene rings is 3. The van der Waals surface area contributed by atoms with Gasteiger partial charge in [0.25, 0.3) is 0 Å². The number of nitrogens with zero attached hydrogens (tertiary/aromatic N) is 3. The summed E-state index contributed by atoms with van der Waals surface area (Å²) in [7, 11) is 1.60. The van der Waals surface area contributed by atoms with Gasteiger partial charge in [0.05, 0.1) is 13.7 Å². The van der Waals surface area contributed by atoms with Crippen LogP contribution in [0.5, 0.6) is 17.4 Å². The molecule has 5 rings (SSSR count). The van der Waals surface area contributed by atoms with E-state index in [-0.39, 0.29) is 5.82 Å². The van der Waals surface area contributed by atoms with Crippen LogP contribution < -0.4 is 19.5 Å².